The molecule has 1 unspecified atom stereocenters. The summed E-state index contributed by atoms with van der Waals surface area (Å²) in [6.07, 6.45) is 5.10. The average Bonchev–Trinajstić information content (AvgIpc) is 2.33. The second-order valence-corrected chi connectivity index (χ2v) is 4.08. The van der Waals surface area contributed by atoms with E-state index in [1.165, 1.54) is 0 Å². The highest BCUT2D eigenvalue weighted by Gasteiger charge is 2.25. The smallest absolute Gasteiger partial charge is 0.169 e. The number of aldehydes is 1. The van der Waals surface area contributed by atoms with Gasteiger partial charge in [-0.15, -0.1) is 0 Å². The minimum atomic E-state index is -0.413. The predicted octanol–water partition coefficient (Wildman–Crippen LogP) is 2.64. The van der Waals surface area contributed by atoms with Gasteiger partial charge in [-0.1, -0.05) is 30.3 Å². The van der Waals surface area contributed by atoms with E-state index in [-0.39, 0.29) is 5.78 Å². The van der Waals surface area contributed by atoms with E-state index in [2.05, 4.69) is 0 Å². The molecule has 0 bridgehead atoms. The Kier molecular flexibility index (Phi) is 3.30. The summed E-state index contributed by atoms with van der Waals surface area (Å²) >= 11 is 0. The number of Topliss-reactive ketones (excluding diaryl/α,β-unsaturated/α-hetero) is 1. The molecule has 1 aromatic carbocycles. The fourth-order valence-corrected chi connectivity index (χ4v) is 2.03. The van der Waals surface area contributed by atoms with Crippen molar-refractivity contribution >= 4 is 18.1 Å². The third-order valence-electron chi connectivity index (χ3n) is 2.92. The summed E-state index contributed by atoms with van der Waals surface area (Å²) < 4.78 is 0. The highest BCUT2D eigenvalue weighted by Crippen LogP contribution is 2.25. The van der Waals surface area contributed by atoms with Gasteiger partial charge in [0, 0.05) is 0 Å². The highest BCUT2D eigenvalue weighted by molar-refractivity contribution is 6.08. The molecular weight excluding hydrogens is 200 g/mol. The monoisotopic (exact) mass is 214 g/mol. The van der Waals surface area contributed by atoms with E-state index in [0.29, 0.717) is 6.42 Å². The molecule has 16 heavy (non-hydrogen) atoms. The summed E-state index contributed by atoms with van der Waals surface area (Å²) in [5.41, 5.74) is 1.81. The second kappa shape index (κ2) is 4.88. The Morgan fingerprint density at radius 3 is 2.62 bits per heavy atom. The Labute approximate surface area is 95.0 Å². The summed E-state index contributed by atoms with van der Waals surface area (Å²) in [6.45, 7) is 0. The molecule has 82 valence electrons. The Balaban J connectivity index is 2.23. The molecule has 2 nitrogen and oxygen atoms in total. The minimum Gasteiger partial charge on any atom is -0.303 e. The van der Waals surface area contributed by atoms with Crippen molar-refractivity contribution in [1.82, 2.24) is 0 Å². The van der Waals surface area contributed by atoms with Gasteiger partial charge < -0.3 is 4.79 Å². The van der Waals surface area contributed by atoms with Gasteiger partial charge in [0.25, 0.3) is 0 Å². The van der Waals surface area contributed by atoms with Crippen molar-refractivity contribution in [3.05, 3.63) is 41.5 Å². The maximum Gasteiger partial charge on any atom is 0.169 e. The lowest BCUT2D eigenvalue weighted by Gasteiger charge is -2.18. The maximum absolute atomic E-state index is 11.9. The first-order valence-electron chi connectivity index (χ1n) is 5.56. The molecule has 0 aliphatic heterocycles. The number of hydrogen-bond acceptors (Lipinski definition) is 2. The number of benzene rings is 1. The maximum atomic E-state index is 11.9. The summed E-state index contributed by atoms with van der Waals surface area (Å²) in [5, 5.41) is 0. The van der Waals surface area contributed by atoms with Crippen LogP contribution in [0.3, 0.4) is 0 Å². The molecule has 0 heterocycles. The standard InChI is InChI=1S/C14H14O2/c15-10-13-8-4-7-12(14(13)16)9-11-5-2-1-3-6-11/h1-3,5-6,9-10,13H,4,7-8H2. The summed E-state index contributed by atoms with van der Waals surface area (Å²) in [7, 11) is 0. The van der Waals surface area contributed by atoms with Gasteiger partial charge in [-0.25, -0.2) is 0 Å². The van der Waals surface area contributed by atoms with Gasteiger partial charge in [0.2, 0.25) is 0 Å². The average molecular weight is 214 g/mol. The lowest BCUT2D eigenvalue weighted by molar-refractivity contribution is -0.125. The van der Waals surface area contributed by atoms with E-state index in [1.54, 1.807) is 0 Å². The Morgan fingerprint density at radius 2 is 1.94 bits per heavy atom. The fraction of sp³-hybridized carbons (Fsp3) is 0.286. The number of allylic oxidation sites excluding steroid dienone is 1. The molecule has 2 rings (SSSR count). The zero-order chi connectivity index (χ0) is 11.4. The van der Waals surface area contributed by atoms with Crippen molar-refractivity contribution in [3.63, 3.8) is 0 Å². The van der Waals surface area contributed by atoms with Crippen molar-refractivity contribution in [3.8, 4) is 0 Å². The van der Waals surface area contributed by atoms with E-state index in [0.717, 1.165) is 30.3 Å². The van der Waals surface area contributed by atoms with Gasteiger partial charge in [0.1, 0.15) is 6.29 Å². The molecular formula is C14H14O2. The fourth-order valence-electron chi connectivity index (χ4n) is 2.03. The van der Waals surface area contributed by atoms with E-state index < -0.39 is 5.92 Å². The minimum absolute atomic E-state index is 0.00473. The SMILES string of the molecule is O=CC1CCCC(=Cc2ccccc2)C1=O. The van der Waals surface area contributed by atoms with E-state index in [1.807, 2.05) is 36.4 Å². The topological polar surface area (TPSA) is 34.1 Å². The molecule has 1 aliphatic carbocycles. The van der Waals surface area contributed by atoms with Crippen LogP contribution < -0.4 is 0 Å². The van der Waals surface area contributed by atoms with Crippen LogP contribution in [0.1, 0.15) is 24.8 Å². The van der Waals surface area contributed by atoms with E-state index >= 15 is 0 Å². The number of carbonyl (C=O) groups excluding carboxylic acids is 2. The third-order valence-corrected chi connectivity index (χ3v) is 2.92. The predicted molar refractivity (Wildman–Crippen MR) is 62.8 cm³/mol. The molecule has 0 saturated heterocycles. The van der Waals surface area contributed by atoms with Crippen molar-refractivity contribution < 1.29 is 9.59 Å². The largest absolute Gasteiger partial charge is 0.303 e. The zero-order valence-corrected chi connectivity index (χ0v) is 9.06. The van der Waals surface area contributed by atoms with Crippen LogP contribution >= 0.6 is 0 Å². The van der Waals surface area contributed by atoms with Crippen LogP contribution in [0.25, 0.3) is 6.08 Å². The van der Waals surface area contributed by atoms with Gasteiger partial charge in [-0.2, -0.15) is 0 Å². The van der Waals surface area contributed by atoms with Crippen LogP contribution in [0.2, 0.25) is 0 Å². The highest BCUT2D eigenvalue weighted by atomic mass is 16.1. The molecule has 0 amide bonds. The first kappa shape index (κ1) is 10.8. The molecule has 1 aromatic rings. The summed E-state index contributed by atoms with van der Waals surface area (Å²) in [6, 6.07) is 9.75. The Hall–Kier alpha value is -1.70. The molecule has 0 N–H and O–H groups in total. The van der Waals surface area contributed by atoms with Gasteiger partial charge in [-0.05, 0) is 36.5 Å². The van der Waals surface area contributed by atoms with Crippen LogP contribution in [0, 0.1) is 5.92 Å². The molecule has 1 saturated carbocycles. The lowest BCUT2D eigenvalue weighted by Crippen LogP contribution is -2.22. The van der Waals surface area contributed by atoms with Crippen LogP contribution in [0.4, 0.5) is 0 Å². The quantitative estimate of drug-likeness (QED) is 0.431. The normalized spacial score (nSPS) is 23.4. The number of carbonyl (C=O) groups is 2. The van der Waals surface area contributed by atoms with Crippen LogP contribution in [-0.4, -0.2) is 12.1 Å². The molecule has 1 aliphatic rings. The molecule has 0 aromatic heterocycles. The van der Waals surface area contributed by atoms with Crippen LogP contribution in [0.15, 0.2) is 35.9 Å². The Bertz CT molecular complexity index is 418. The number of ketones is 1. The van der Waals surface area contributed by atoms with E-state index in [4.69, 9.17) is 0 Å². The van der Waals surface area contributed by atoms with Crippen molar-refractivity contribution in [1.29, 1.82) is 0 Å². The van der Waals surface area contributed by atoms with Crippen molar-refractivity contribution in [2.24, 2.45) is 5.92 Å². The third kappa shape index (κ3) is 2.27. The molecule has 1 atom stereocenters. The summed E-state index contributed by atoms with van der Waals surface area (Å²) in [5.74, 6) is -0.409. The van der Waals surface area contributed by atoms with Crippen molar-refractivity contribution in [2.75, 3.05) is 0 Å². The molecule has 2 heteroatoms. The van der Waals surface area contributed by atoms with Gasteiger partial charge in [0.05, 0.1) is 5.92 Å². The number of rotatable bonds is 2. The van der Waals surface area contributed by atoms with Gasteiger partial charge in [0.15, 0.2) is 5.78 Å². The first-order valence-corrected chi connectivity index (χ1v) is 5.56. The summed E-state index contributed by atoms with van der Waals surface area (Å²) in [4.78, 5) is 22.6. The zero-order valence-electron chi connectivity index (χ0n) is 9.06. The second-order valence-electron chi connectivity index (χ2n) is 4.08. The van der Waals surface area contributed by atoms with Crippen LogP contribution in [-0.2, 0) is 9.59 Å². The van der Waals surface area contributed by atoms with Crippen LogP contribution in [0.5, 0.6) is 0 Å². The lowest BCUT2D eigenvalue weighted by atomic mass is 9.84. The molecule has 0 spiro atoms. The van der Waals surface area contributed by atoms with Gasteiger partial charge in [-0.3, -0.25) is 4.79 Å². The number of hydrogen-bond donors (Lipinski definition) is 0. The van der Waals surface area contributed by atoms with Gasteiger partial charge >= 0.3 is 0 Å². The first-order chi connectivity index (χ1) is 7.81. The van der Waals surface area contributed by atoms with Crippen molar-refractivity contribution in [2.45, 2.75) is 19.3 Å². The molecule has 1 fully saturated rings. The molecule has 0 radical (unpaired) electrons. The Morgan fingerprint density at radius 1 is 1.19 bits per heavy atom. The van der Waals surface area contributed by atoms with E-state index in [9.17, 15) is 9.59 Å².